The van der Waals surface area contributed by atoms with Gasteiger partial charge in [-0.2, -0.15) is 8.78 Å². The summed E-state index contributed by atoms with van der Waals surface area (Å²) < 4.78 is 31.5. The van der Waals surface area contributed by atoms with E-state index >= 15 is 0 Å². The monoisotopic (exact) mass is 361 g/mol. The molecule has 0 heterocycles. The molecule has 4 nitrogen and oxygen atoms in total. The Morgan fingerprint density at radius 3 is 2.31 bits per heavy atom. The van der Waals surface area contributed by atoms with Crippen LogP contribution < -0.4 is 10.1 Å². The van der Waals surface area contributed by atoms with Crippen molar-refractivity contribution >= 4 is 11.5 Å². The lowest BCUT2D eigenvalue weighted by Crippen LogP contribution is -2.27. The van der Waals surface area contributed by atoms with Crippen molar-refractivity contribution in [1.29, 1.82) is 0 Å². The lowest BCUT2D eigenvalue weighted by Gasteiger charge is -2.14. The molecule has 26 heavy (non-hydrogen) atoms. The number of carbonyl (C=O) groups is 1. The van der Waals surface area contributed by atoms with E-state index < -0.39 is 12.2 Å². The van der Waals surface area contributed by atoms with E-state index in [-0.39, 0.29) is 30.9 Å². The molecule has 0 saturated heterocycles. The van der Waals surface area contributed by atoms with Crippen LogP contribution >= 0.6 is 0 Å². The number of amides is 1. The van der Waals surface area contributed by atoms with E-state index in [4.69, 9.17) is 4.74 Å². The molecule has 2 N–H and O–H groups in total. The Labute approximate surface area is 151 Å². The van der Waals surface area contributed by atoms with Gasteiger partial charge in [-0.25, -0.2) is 0 Å². The first-order valence-corrected chi connectivity index (χ1v) is 8.21. The van der Waals surface area contributed by atoms with Gasteiger partial charge < -0.3 is 15.2 Å². The molecule has 6 heteroatoms. The van der Waals surface area contributed by atoms with Crippen LogP contribution in [-0.4, -0.2) is 30.8 Å². The largest absolute Gasteiger partial charge is 0.497 e. The molecule has 0 spiro atoms. The van der Waals surface area contributed by atoms with Crippen LogP contribution in [0, 0.1) is 0 Å². The molecule has 0 saturated carbocycles. The quantitative estimate of drug-likeness (QED) is 0.750. The van der Waals surface area contributed by atoms with Crippen molar-refractivity contribution in [1.82, 2.24) is 5.32 Å². The van der Waals surface area contributed by atoms with Crippen LogP contribution in [0.5, 0.6) is 5.75 Å². The van der Waals surface area contributed by atoms with Gasteiger partial charge in [0.05, 0.1) is 13.2 Å². The first kappa shape index (κ1) is 19.6. The van der Waals surface area contributed by atoms with Gasteiger partial charge in [0.2, 0.25) is 0 Å². The molecule has 1 amide bonds. The van der Waals surface area contributed by atoms with Gasteiger partial charge >= 0.3 is 0 Å². The molecule has 0 aromatic heterocycles. The van der Waals surface area contributed by atoms with Crippen LogP contribution in [0.25, 0.3) is 5.57 Å². The summed E-state index contributed by atoms with van der Waals surface area (Å²) in [7, 11) is 1.50. The van der Waals surface area contributed by atoms with Crippen LogP contribution in [0.15, 0.2) is 60.7 Å². The number of aliphatic hydroxyl groups excluding tert-OH is 1. The first-order chi connectivity index (χ1) is 12.5. The maximum Gasteiger partial charge on any atom is 0.274 e. The van der Waals surface area contributed by atoms with Crippen molar-refractivity contribution < 1.29 is 23.4 Å². The van der Waals surface area contributed by atoms with E-state index in [1.54, 1.807) is 42.5 Å². The third-order valence-corrected chi connectivity index (χ3v) is 3.91. The molecule has 1 unspecified atom stereocenters. The molecule has 1 atom stereocenters. The average Bonchev–Trinajstić information content (AvgIpc) is 2.66. The van der Waals surface area contributed by atoms with Gasteiger partial charge in [0.1, 0.15) is 5.75 Å². The number of benzene rings is 2. The van der Waals surface area contributed by atoms with E-state index in [0.29, 0.717) is 16.9 Å². The summed E-state index contributed by atoms with van der Waals surface area (Å²) in [6.45, 7) is 0.193. The van der Waals surface area contributed by atoms with Crippen LogP contribution in [-0.2, 0) is 0 Å². The van der Waals surface area contributed by atoms with Crippen molar-refractivity contribution in [2.75, 3.05) is 13.7 Å². The summed E-state index contributed by atoms with van der Waals surface area (Å²) in [5, 5.41) is 12.7. The van der Waals surface area contributed by atoms with Crippen molar-refractivity contribution in [3.05, 3.63) is 71.8 Å². The zero-order chi connectivity index (χ0) is 18.9. The predicted octanol–water partition coefficient (Wildman–Crippen LogP) is 3.87. The minimum Gasteiger partial charge on any atom is -0.497 e. The number of aliphatic hydroxyl groups is 1. The van der Waals surface area contributed by atoms with Crippen molar-refractivity contribution in [2.45, 2.75) is 18.9 Å². The Kier molecular flexibility index (Phi) is 7.29. The standard InChI is InChI=1S/C20H21F2NO3/c1-26-17-9-7-14(8-10-17)18(19(21)22)13-16(24)11-12-23-20(25)15-5-3-2-4-6-15/h2-10,16,24H,11-13H2,1H3,(H,23,25). The number of halogens is 2. The van der Waals surface area contributed by atoms with Crippen LogP contribution in [0.1, 0.15) is 28.8 Å². The summed E-state index contributed by atoms with van der Waals surface area (Å²) >= 11 is 0. The molecule has 138 valence electrons. The van der Waals surface area contributed by atoms with Gasteiger partial charge in [0.25, 0.3) is 12.0 Å². The number of rotatable bonds is 8. The third kappa shape index (κ3) is 5.67. The summed E-state index contributed by atoms with van der Waals surface area (Å²) in [6, 6.07) is 14.9. The van der Waals surface area contributed by atoms with Crippen LogP contribution in [0.4, 0.5) is 8.78 Å². The number of nitrogens with one attached hydrogen (secondary N) is 1. The molecule has 0 aliphatic rings. The second-order valence-corrected chi connectivity index (χ2v) is 5.74. The maximum absolute atomic E-state index is 13.3. The fourth-order valence-electron chi connectivity index (χ4n) is 2.48. The highest BCUT2D eigenvalue weighted by Crippen LogP contribution is 2.27. The minimum absolute atomic E-state index is 0.172. The Balaban J connectivity index is 1.89. The molecular formula is C20H21F2NO3. The van der Waals surface area contributed by atoms with E-state index in [1.165, 1.54) is 19.2 Å². The van der Waals surface area contributed by atoms with Gasteiger partial charge in [-0.15, -0.1) is 0 Å². The van der Waals surface area contributed by atoms with Gasteiger partial charge in [0.15, 0.2) is 0 Å². The smallest absolute Gasteiger partial charge is 0.274 e. The number of carbonyl (C=O) groups excluding carboxylic acids is 1. The van der Waals surface area contributed by atoms with Crippen LogP contribution in [0.2, 0.25) is 0 Å². The highest BCUT2D eigenvalue weighted by atomic mass is 19.3. The highest BCUT2D eigenvalue weighted by Gasteiger charge is 2.15. The topological polar surface area (TPSA) is 58.6 Å². The average molecular weight is 361 g/mol. The Morgan fingerprint density at radius 2 is 1.73 bits per heavy atom. The number of hydrogen-bond donors (Lipinski definition) is 2. The van der Waals surface area contributed by atoms with Crippen molar-refractivity contribution in [3.8, 4) is 5.75 Å². The summed E-state index contributed by atoms with van der Waals surface area (Å²) in [5.74, 6) is 0.303. The Morgan fingerprint density at radius 1 is 1.08 bits per heavy atom. The zero-order valence-electron chi connectivity index (χ0n) is 14.4. The fourth-order valence-corrected chi connectivity index (χ4v) is 2.48. The van der Waals surface area contributed by atoms with E-state index in [2.05, 4.69) is 5.32 Å². The molecule has 2 rings (SSSR count). The molecule has 0 radical (unpaired) electrons. The Hall–Kier alpha value is -2.73. The molecule has 2 aromatic carbocycles. The molecule has 0 aliphatic heterocycles. The molecule has 0 bridgehead atoms. The lowest BCUT2D eigenvalue weighted by atomic mass is 9.99. The summed E-state index contributed by atoms with van der Waals surface area (Å²) in [4.78, 5) is 11.9. The normalized spacial score (nSPS) is 11.5. The first-order valence-electron chi connectivity index (χ1n) is 8.21. The van der Waals surface area contributed by atoms with E-state index in [1.807, 2.05) is 0 Å². The molecule has 0 aliphatic carbocycles. The highest BCUT2D eigenvalue weighted by molar-refractivity contribution is 5.94. The van der Waals surface area contributed by atoms with E-state index in [0.717, 1.165) is 0 Å². The van der Waals surface area contributed by atoms with Crippen molar-refractivity contribution in [3.63, 3.8) is 0 Å². The van der Waals surface area contributed by atoms with Gasteiger partial charge in [-0.3, -0.25) is 4.79 Å². The van der Waals surface area contributed by atoms with Crippen molar-refractivity contribution in [2.24, 2.45) is 0 Å². The van der Waals surface area contributed by atoms with Gasteiger partial charge in [-0.1, -0.05) is 30.3 Å². The maximum atomic E-state index is 13.3. The number of hydrogen-bond acceptors (Lipinski definition) is 3. The summed E-state index contributed by atoms with van der Waals surface area (Å²) in [5.41, 5.74) is 0.628. The molecule has 0 fully saturated rings. The third-order valence-electron chi connectivity index (χ3n) is 3.91. The molecule has 2 aromatic rings. The zero-order valence-corrected chi connectivity index (χ0v) is 14.4. The second kappa shape index (κ2) is 9.68. The number of ether oxygens (including phenoxy) is 1. The van der Waals surface area contributed by atoms with Crippen LogP contribution in [0.3, 0.4) is 0 Å². The molecular weight excluding hydrogens is 340 g/mol. The second-order valence-electron chi connectivity index (χ2n) is 5.74. The van der Waals surface area contributed by atoms with Gasteiger partial charge in [-0.05, 0) is 36.2 Å². The van der Waals surface area contributed by atoms with Gasteiger partial charge in [0, 0.05) is 24.1 Å². The van der Waals surface area contributed by atoms with E-state index in [9.17, 15) is 18.7 Å². The SMILES string of the molecule is COc1ccc(C(CC(O)CCNC(=O)c2ccccc2)=C(F)F)cc1. The fraction of sp³-hybridized carbons (Fsp3) is 0.250. The lowest BCUT2D eigenvalue weighted by molar-refractivity contribution is 0.0943. The Bertz CT molecular complexity index is 741. The summed E-state index contributed by atoms with van der Waals surface area (Å²) in [6.07, 6.45) is -2.85. The predicted molar refractivity (Wildman–Crippen MR) is 96.1 cm³/mol. The minimum atomic E-state index is -1.83. The number of methoxy groups -OCH3 is 1.